The van der Waals surface area contributed by atoms with E-state index in [1.165, 1.54) is 25.1 Å². The zero-order chi connectivity index (χ0) is 15.4. The first-order valence-electron chi connectivity index (χ1n) is 6.36. The smallest absolute Gasteiger partial charge is 0.241 e. The third-order valence-corrected chi connectivity index (χ3v) is 4.84. The molecule has 0 radical (unpaired) electrons. The monoisotopic (exact) mass is 294 g/mol. The van der Waals surface area contributed by atoms with Crippen LogP contribution in [0.5, 0.6) is 0 Å². The van der Waals surface area contributed by atoms with Crippen molar-refractivity contribution in [2.45, 2.75) is 44.0 Å². The summed E-state index contributed by atoms with van der Waals surface area (Å²) < 4.78 is 27.1. The van der Waals surface area contributed by atoms with E-state index < -0.39 is 15.6 Å². The summed E-state index contributed by atoms with van der Waals surface area (Å²) >= 11 is 0. The number of carbonyl (C=O) groups is 1. The van der Waals surface area contributed by atoms with Crippen molar-refractivity contribution in [2.24, 2.45) is 0 Å². The number of nitrogens with zero attached hydrogens (tertiary/aromatic N) is 1. The number of hydrogen-bond donors (Lipinski definition) is 1. The van der Waals surface area contributed by atoms with Crippen LogP contribution in [-0.2, 0) is 10.0 Å². The van der Waals surface area contributed by atoms with Gasteiger partial charge in [-0.15, -0.1) is 0 Å². The number of carbonyl (C=O) groups excluding carboxylic acids is 1. The molecule has 0 aliphatic heterocycles. The molecule has 5 nitrogen and oxygen atoms in total. The standard InChI is InChI=1S/C14H18N2O3S/c1-4-14(5-2,10-15)16-20(18,19)13-8-6-7-12(9-13)11(3)17/h6-9,16H,4-5H2,1-3H3. The summed E-state index contributed by atoms with van der Waals surface area (Å²) in [5.74, 6) is -0.209. The van der Waals surface area contributed by atoms with Crippen molar-refractivity contribution < 1.29 is 13.2 Å². The molecule has 1 aromatic rings. The van der Waals surface area contributed by atoms with Crippen LogP contribution in [0.2, 0.25) is 0 Å². The molecular formula is C14H18N2O3S. The van der Waals surface area contributed by atoms with Crippen LogP contribution in [-0.4, -0.2) is 19.7 Å². The molecule has 108 valence electrons. The summed E-state index contributed by atoms with van der Waals surface area (Å²) in [7, 11) is -3.83. The quantitative estimate of drug-likeness (QED) is 0.815. The van der Waals surface area contributed by atoms with Crippen LogP contribution in [0, 0.1) is 11.3 Å². The molecule has 0 aliphatic carbocycles. The molecule has 0 heterocycles. The topological polar surface area (TPSA) is 87.0 Å². The van der Waals surface area contributed by atoms with Crippen molar-refractivity contribution in [3.63, 3.8) is 0 Å². The van der Waals surface area contributed by atoms with Gasteiger partial charge in [0.15, 0.2) is 5.78 Å². The summed E-state index contributed by atoms with van der Waals surface area (Å²) in [6.45, 7) is 4.87. The largest absolute Gasteiger partial charge is 0.295 e. The normalized spacial score (nSPS) is 11.9. The Morgan fingerprint density at radius 1 is 1.35 bits per heavy atom. The van der Waals surface area contributed by atoms with Gasteiger partial charge in [-0.2, -0.15) is 9.98 Å². The summed E-state index contributed by atoms with van der Waals surface area (Å²) in [4.78, 5) is 11.3. The average molecular weight is 294 g/mol. The van der Waals surface area contributed by atoms with E-state index in [2.05, 4.69) is 4.72 Å². The number of rotatable bonds is 6. The van der Waals surface area contributed by atoms with Crippen molar-refractivity contribution in [3.8, 4) is 6.07 Å². The number of hydrogen-bond acceptors (Lipinski definition) is 4. The lowest BCUT2D eigenvalue weighted by Crippen LogP contribution is -2.46. The summed E-state index contributed by atoms with van der Waals surface area (Å²) in [5, 5.41) is 9.20. The van der Waals surface area contributed by atoms with Gasteiger partial charge in [0.2, 0.25) is 10.0 Å². The molecule has 1 rings (SSSR count). The van der Waals surface area contributed by atoms with E-state index in [1.807, 2.05) is 6.07 Å². The Morgan fingerprint density at radius 3 is 2.40 bits per heavy atom. The molecule has 0 spiro atoms. The molecule has 0 saturated heterocycles. The van der Waals surface area contributed by atoms with E-state index in [1.54, 1.807) is 19.9 Å². The Hall–Kier alpha value is -1.71. The molecule has 0 saturated carbocycles. The van der Waals surface area contributed by atoms with Gasteiger partial charge in [-0.25, -0.2) is 8.42 Å². The minimum Gasteiger partial charge on any atom is -0.295 e. The zero-order valence-electron chi connectivity index (χ0n) is 11.8. The summed E-state index contributed by atoms with van der Waals surface area (Å²) in [6, 6.07) is 7.81. The van der Waals surface area contributed by atoms with Crippen LogP contribution < -0.4 is 4.72 Å². The Balaban J connectivity index is 3.21. The van der Waals surface area contributed by atoms with Gasteiger partial charge in [-0.3, -0.25) is 4.79 Å². The van der Waals surface area contributed by atoms with Crippen LogP contribution in [0.3, 0.4) is 0 Å². The number of ketones is 1. The number of Topliss-reactive ketones (excluding diaryl/α,β-unsaturated/α-hetero) is 1. The molecule has 0 fully saturated rings. The fourth-order valence-electron chi connectivity index (χ4n) is 1.77. The van der Waals surface area contributed by atoms with E-state index in [-0.39, 0.29) is 10.7 Å². The molecular weight excluding hydrogens is 276 g/mol. The molecule has 0 atom stereocenters. The Kier molecular flexibility index (Phi) is 5.03. The van der Waals surface area contributed by atoms with Crippen LogP contribution in [0.25, 0.3) is 0 Å². The number of benzene rings is 1. The van der Waals surface area contributed by atoms with Crippen LogP contribution >= 0.6 is 0 Å². The van der Waals surface area contributed by atoms with E-state index in [9.17, 15) is 18.5 Å². The first kappa shape index (κ1) is 16.3. The summed E-state index contributed by atoms with van der Waals surface area (Å²) in [5.41, 5.74) is -0.797. The Bertz CT molecular complexity index is 641. The fourth-order valence-corrected chi connectivity index (χ4v) is 3.28. The average Bonchev–Trinajstić information content (AvgIpc) is 2.45. The lowest BCUT2D eigenvalue weighted by molar-refractivity contribution is 0.101. The van der Waals surface area contributed by atoms with Crippen molar-refractivity contribution in [1.29, 1.82) is 5.26 Å². The van der Waals surface area contributed by atoms with Gasteiger partial charge in [0.25, 0.3) is 0 Å². The Morgan fingerprint density at radius 2 is 1.95 bits per heavy atom. The SMILES string of the molecule is CCC(C#N)(CC)NS(=O)(=O)c1cccc(C(C)=O)c1. The minimum absolute atomic E-state index is 0.00766. The van der Waals surface area contributed by atoms with Crippen molar-refractivity contribution >= 4 is 15.8 Å². The second kappa shape index (κ2) is 6.16. The van der Waals surface area contributed by atoms with Gasteiger partial charge in [-0.1, -0.05) is 26.0 Å². The van der Waals surface area contributed by atoms with Crippen molar-refractivity contribution in [1.82, 2.24) is 4.72 Å². The lowest BCUT2D eigenvalue weighted by atomic mass is 9.97. The molecule has 6 heteroatoms. The number of nitriles is 1. The fraction of sp³-hybridized carbons (Fsp3) is 0.429. The third-order valence-electron chi connectivity index (χ3n) is 3.30. The highest BCUT2D eigenvalue weighted by Crippen LogP contribution is 2.19. The predicted octanol–water partition coefficient (Wildman–Crippen LogP) is 2.25. The third kappa shape index (κ3) is 3.44. The molecule has 1 aromatic carbocycles. The molecule has 0 aromatic heterocycles. The minimum atomic E-state index is -3.83. The highest BCUT2D eigenvalue weighted by atomic mass is 32.2. The maximum atomic E-state index is 12.3. The highest BCUT2D eigenvalue weighted by molar-refractivity contribution is 7.89. The van der Waals surface area contributed by atoms with Crippen LogP contribution in [0.15, 0.2) is 29.2 Å². The first-order chi connectivity index (χ1) is 9.30. The van der Waals surface area contributed by atoms with E-state index >= 15 is 0 Å². The molecule has 0 unspecified atom stereocenters. The highest BCUT2D eigenvalue weighted by Gasteiger charge is 2.32. The second-order valence-electron chi connectivity index (χ2n) is 4.59. The number of sulfonamides is 1. The summed E-state index contributed by atoms with van der Waals surface area (Å²) in [6.07, 6.45) is 0.733. The first-order valence-corrected chi connectivity index (χ1v) is 7.85. The van der Waals surface area contributed by atoms with Gasteiger partial charge < -0.3 is 0 Å². The van der Waals surface area contributed by atoms with Crippen LogP contribution in [0.1, 0.15) is 44.0 Å². The van der Waals surface area contributed by atoms with Gasteiger partial charge in [0.1, 0.15) is 5.54 Å². The second-order valence-corrected chi connectivity index (χ2v) is 6.27. The van der Waals surface area contributed by atoms with Gasteiger partial charge in [0, 0.05) is 5.56 Å². The van der Waals surface area contributed by atoms with Gasteiger partial charge >= 0.3 is 0 Å². The molecule has 0 aliphatic rings. The van der Waals surface area contributed by atoms with E-state index in [4.69, 9.17) is 0 Å². The maximum absolute atomic E-state index is 12.3. The van der Waals surface area contributed by atoms with E-state index in [0.717, 1.165) is 0 Å². The molecule has 0 amide bonds. The van der Waals surface area contributed by atoms with Crippen molar-refractivity contribution in [3.05, 3.63) is 29.8 Å². The lowest BCUT2D eigenvalue weighted by Gasteiger charge is -2.24. The molecule has 1 N–H and O–H groups in total. The van der Waals surface area contributed by atoms with Gasteiger partial charge in [0.05, 0.1) is 11.0 Å². The van der Waals surface area contributed by atoms with Crippen molar-refractivity contribution in [2.75, 3.05) is 0 Å². The molecule has 0 bridgehead atoms. The zero-order valence-corrected chi connectivity index (χ0v) is 12.6. The Labute approximate surface area is 119 Å². The number of nitrogens with one attached hydrogen (secondary N) is 1. The van der Waals surface area contributed by atoms with E-state index in [0.29, 0.717) is 18.4 Å². The van der Waals surface area contributed by atoms with Gasteiger partial charge in [-0.05, 0) is 31.9 Å². The van der Waals surface area contributed by atoms with Crippen LogP contribution in [0.4, 0.5) is 0 Å². The molecule has 20 heavy (non-hydrogen) atoms. The maximum Gasteiger partial charge on any atom is 0.241 e. The predicted molar refractivity (Wildman–Crippen MR) is 75.7 cm³/mol.